The standard InChI is InChI=1S/C14H11N3O3/c15-8-9-20-12-6-2-1-4-10(12)17-14(19)11-5-3-7-13(18)16-11/h1-7H,9H2,(H,16,18)(H,17,19). The van der Waals surface area contributed by atoms with Gasteiger partial charge in [-0.25, -0.2) is 0 Å². The first-order chi connectivity index (χ1) is 9.70. The number of aromatic amines is 1. The van der Waals surface area contributed by atoms with Gasteiger partial charge in [-0.2, -0.15) is 5.26 Å². The maximum absolute atomic E-state index is 12.0. The fourth-order valence-electron chi connectivity index (χ4n) is 1.58. The molecule has 0 unspecified atom stereocenters. The van der Waals surface area contributed by atoms with E-state index in [1.54, 1.807) is 24.3 Å². The number of anilines is 1. The topological polar surface area (TPSA) is 95.0 Å². The number of ether oxygens (including phenoxy) is 1. The molecule has 0 aliphatic carbocycles. The van der Waals surface area contributed by atoms with Crippen LogP contribution < -0.4 is 15.6 Å². The lowest BCUT2D eigenvalue weighted by atomic mass is 10.2. The molecule has 1 aromatic heterocycles. The van der Waals surface area contributed by atoms with E-state index in [0.29, 0.717) is 11.4 Å². The fourth-order valence-corrected chi connectivity index (χ4v) is 1.58. The van der Waals surface area contributed by atoms with Gasteiger partial charge in [-0.15, -0.1) is 0 Å². The molecule has 1 amide bonds. The van der Waals surface area contributed by atoms with Crippen molar-refractivity contribution >= 4 is 11.6 Å². The van der Waals surface area contributed by atoms with E-state index in [1.165, 1.54) is 18.2 Å². The average Bonchev–Trinajstić information content (AvgIpc) is 2.46. The lowest BCUT2D eigenvalue weighted by molar-refractivity contribution is 0.102. The zero-order chi connectivity index (χ0) is 14.4. The Balaban J connectivity index is 2.20. The Morgan fingerprint density at radius 3 is 2.80 bits per heavy atom. The number of rotatable bonds is 4. The summed E-state index contributed by atoms with van der Waals surface area (Å²) < 4.78 is 5.20. The van der Waals surface area contributed by atoms with Gasteiger partial charge in [0.1, 0.15) is 17.5 Å². The number of amides is 1. The summed E-state index contributed by atoms with van der Waals surface area (Å²) in [5.41, 5.74) is 0.219. The summed E-state index contributed by atoms with van der Waals surface area (Å²) in [4.78, 5) is 25.6. The van der Waals surface area contributed by atoms with Crippen molar-refractivity contribution in [3.05, 3.63) is 58.5 Å². The predicted octanol–water partition coefficient (Wildman–Crippen LogP) is 1.53. The van der Waals surface area contributed by atoms with Crippen LogP contribution in [-0.2, 0) is 0 Å². The third-order valence-electron chi connectivity index (χ3n) is 2.44. The van der Waals surface area contributed by atoms with E-state index in [4.69, 9.17) is 10.00 Å². The molecule has 0 atom stereocenters. The highest BCUT2D eigenvalue weighted by atomic mass is 16.5. The van der Waals surface area contributed by atoms with Gasteiger partial charge in [0.2, 0.25) is 5.56 Å². The van der Waals surface area contributed by atoms with E-state index in [1.807, 2.05) is 6.07 Å². The summed E-state index contributed by atoms with van der Waals surface area (Å²) in [6, 6.07) is 12.9. The number of H-pyrrole nitrogens is 1. The number of para-hydroxylation sites is 2. The zero-order valence-corrected chi connectivity index (χ0v) is 10.4. The van der Waals surface area contributed by atoms with Gasteiger partial charge in [-0.3, -0.25) is 9.59 Å². The van der Waals surface area contributed by atoms with E-state index in [2.05, 4.69) is 10.3 Å². The number of nitrogens with zero attached hydrogens (tertiary/aromatic N) is 1. The lowest BCUT2D eigenvalue weighted by Crippen LogP contribution is -2.18. The van der Waals surface area contributed by atoms with Gasteiger partial charge >= 0.3 is 0 Å². The van der Waals surface area contributed by atoms with Crippen LogP contribution in [-0.4, -0.2) is 17.5 Å². The third-order valence-corrected chi connectivity index (χ3v) is 2.44. The summed E-state index contributed by atoms with van der Waals surface area (Å²) >= 11 is 0. The van der Waals surface area contributed by atoms with E-state index in [-0.39, 0.29) is 17.9 Å². The second kappa shape index (κ2) is 6.20. The summed E-state index contributed by atoms with van der Waals surface area (Å²) in [5, 5.41) is 11.1. The quantitative estimate of drug-likeness (QED) is 0.879. The molecule has 2 rings (SSSR count). The molecule has 6 heteroatoms. The number of hydrogen-bond donors (Lipinski definition) is 2. The zero-order valence-electron chi connectivity index (χ0n) is 10.4. The number of hydrogen-bond acceptors (Lipinski definition) is 4. The van der Waals surface area contributed by atoms with Crippen molar-refractivity contribution in [3.8, 4) is 11.8 Å². The van der Waals surface area contributed by atoms with Crippen LogP contribution in [0.3, 0.4) is 0 Å². The van der Waals surface area contributed by atoms with Crippen LogP contribution in [0.2, 0.25) is 0 Å². The summed E-state index contributed by atoms with van der Waals surface area (Å²) in [6.45, 7) is -0.116. The molecule has 2 N–H and O–H groups in total. The van der Waals surface area contributed by atoms with Crippen molar-refractivity contribution in [2.24, 2.45) is 0 Å². The van der Waals surface area contributed by atoms with Gasteiger partial charge in [-0.05, 0) is 18.2 Å². The van der Waals surface area contributed by atoms with E-state index >= 15 is 0 Å². The van der Waals surface area contributed by atoms with Crippen molar-refractivity contribution in [2.45, 2.75) is 0 Å². The van der Waals surface area contributed by atoms with Crippen LogP contribution in [0, 0.1) is 11.3 Å². The Bertz CT molecular complexity index is 716. The van der Waals surface area contributed by atoms with Crippen molar-refractivity contribution in [3.63, 3.8) is 0 Å². The number of benzene rings is 1. The highest BCUT2D eigenvalue weighted by molar-refractivity contribution is 6.03. The molecule has 0 bridgehead atoms. The largest absolute Gasteiger partial charge is 0.477 e. The first kappa shape index (κ1) is 13.4. The maximum Gasteiger partial charge on any atom is 0.272 e. The minimum Gasteiger partial charge on any atom is -0.477 e. The van der Waals surface area contributed by atoms with Crippen LogP contribution in [0.1, 0.15) is 10.5 Å². The molecule has 6 nitrogen and oxygen atoms in total. The van der Waals surface area contributed by atoms with E-state index in [0.717, 1.165) is 0 Å². The Morgan fingerprint density at radius 2 is 2.05 bits per heavy atom. The molecule has 0 spiro atoms. The van der Waals surface area contributed by atoms with Crippen LogP contribution in [0.5, 0.6) is 5.75 Å². The minimum absolute atomic E-state index is 0.116. The van der Waals surface area contributed by atoms with E-state index in [9.17, 15) is 9.59 Å². The van der Waals surface area contributed by atoms with Crippen LogP contribution in [0.4, 0.5) is 5.69 Å². The molecular formula is C14H11N3O3. The van der Waals surface area contributed by atoms with Gasteiger partial charge in [0.25, 0.3) is 5.91 Å². The number of carbonyl (C=O) groups is 1. The van der Waals surface area contributed by atoms with Crippen LogP contribution >= 0.6 is 0 Å². The van der Waals surface area contributed by atoms with Crippen molar-refractivity contribution in [2.75, 3.05) is 11.9 Å². The fraction of sp³-hybridized carbons (Fsp3) is 0.0714. The molecule has 0 saturated carbocycles. The first-order valence-corrected chi connectivity index (χ1v) is 5.80. The number of carbonyl (C=O) groups excluding carboxylic acids is 1. The molecular weight excluding hydrogens is 258 g/mol. The molecule has 20 heavy (non-hydrogen) atoms. The summed E-state index contributed by atoms with van der Waals surface area (Å²) in [5.74, 6) is -0.0728. The van der Waals surface area contributed by atoms with Crippen LogP contribution in [0.15, 0.2) is 47.3 Å². The number of aromatic nitrogens is 1. The van der Waals surface area contributed by atoms with Gasteiger partial charge in [0.15, 0.2) is 6.61 Å². The van der Waals surface area contributed by atoms with Gasteiger partial charge in [-0.1, -0.05) is 18.2 Å². The number of pyridine rings is 1. The predicted molar refractivity (Wildman–Crippen MR) is 72.6 cm³/mol. The second-order valence-corrected chi connectivity index (χ2v) is 3.83. The van der Waals surface area contributed by atoms with Crippen molar-refractivity contribution < 1.29 is 9.53 Å². The molecule has 0 aliphatic heterocycles. The molecule has 0 fully saturated rings. The summed E-state index contributed by atoms with van der Waals surface area (Å²) in [6.07, 6.45) is 0. The van der Waals surface area contributed by atoms with E-state index < -0.39 is 5.91 Å². The van der Waals surface area contributed by atoms with Crippen molar-refractivity contribution in [1.82, 2.24) is 4.98 Å². The Labute approximate surface area is 114 Å². The first-order valence-electron chi connectivity index (χ1n) is 5.80. The highest BCUT2D eigenvalue weighted by Gasteiger charge is 2.10. The average molecular weight is 269 g/mol. The maximum atomic E-state index is 12.0. The normalized spacial score (nSPS) is 9.55. The van der Waals surface area contributed by atoms with Crippen molar-refractivity contribution in [1.29, 1.82) is 5.26 Å². The highest BCUT2D eigenvalue weighted by Crippen LogP contribution is 2.23. The smallest absolute Gasteiger partial charge is 0.272 e. The molecule has 2 aromatic rings. The second-order valence-electron chi connectivity index (χ2n) is 3.83. The lowest BCUT2D eigenvalue weighted by Gasteiger charge is -2.10. The van der Waals surface area contributed by atoms with Gasteiger partial charge < -0.3 is 15.0 Å². The molecule has 0 radical (unpaired) electrons. The van der Waals surface area contributed by atoms with Crippen LogP contribution in [0.25, 0.3) is 0 Å². The Kier molecular flexibility index (Phi) is 4.14. The Morgan fingerprint density at radius 1 is 1.25 bits per heavy atom. The molecule has 0 aliphatic rings. The molecule has 100 valence electrons. The number of nitriles is 1. The molecule has 0 saturated heterocycles. The minimum atomic E-state index is -0.462. The number of nitrogens with one attached hydrogen (secondary N) is 2. The SMILES string of the molecule is N#CCOc1ccccc1NC(=O)c1cccc(=O)[nH]1. The van der Waals surface area contributed by atoms with Gasteiger partial charge in [0.05, 0.1) is 5.69 Å². The molecule has 1 aromatic carbocycles. The van der Waals surface area contributed by atoms with Gasteiger partial charge in [0, 0.05) is 6.07 Å². The molecule has 1 heterocycles. The Hall–Kier alpha value is -3.07. The third kappa shape index (κ3) is 3.23. The summed E-state index contributed by atoms with van der Waals surface area (Å²) in [7, 11) is 0. The monoisotopic (exact) mass is 269 g/mol.